The first kappa shape index (κ1) is 13.1. The van der Waals surface area contributed by atoms with Gasteiger partial charge in [0.05, 0.1) is 9.82 Å². The molecule has 0 radical (unpaired) electrons. The Balaban J connectivity index is 3.04. The zero-order valence-electron chi connectivity index (χ0n) is 8.09. The van der Waals surface area contributed by atoms with Crippen LogP contribution in [0.15, 0.2) is 29.2 Å². The van der Waals surface area contributed by atoms with Crippen molar-refractivity contribution in [3.8, 4) is 0 Å². The van der Waals surface area contributed by atoms with E-state index in [1.807, 2.05) is 0 Å². The first-order valence-electron chi connectivity index (χ1n) is 4.27. The topological polar surface area (TPSA) is 89.3 Å². The number of benzene rings is 1. The monoisotopic (exact) mass is 308 g/mol. The molecule has 0 aliphatic heterocycles. The Morgan fingerprint density at radius 2 is 2.12 bits per heavy atom. The summed E-state index contributed by atoms with van der Waals surface area (Å²) in [6.45, 7) is 0.227. The average Bonchev–Trinajstić information content (AvgIpc) is 2.26. The predicted octanol–water partition coefficient (Wildman–Crippen LogP) is 1.27. The van der Waals surface area contributed by atoms with Crippen LogP contribution in [0.3, 0.4) is 0 Å². The van der Waals surface area contributed by atoms with Crippen LogP contribution in [0.5, 0.6) is 0 Å². The molecule has 0 unspecified atom stereocenters. The number of nitro groups is 1. The van der Waals surface area contributed by atoms with Gasteiger partial charge in [0.25, 0.3) is 5.69 Å². The van der Waals surface area contributed by atoms with Crippen molar-refractivity contribution >= 4 is 31.6 Å². The van der Waals surface area contributed by atoms with Crippen molar-refractivity contribution in [2.45, 2.75) is 4.90 Å². The van der Waals surface area contributed by atoms with E-state index < -0.39 is 14.9 Å². The highest BCUT2D eigenvalue weighted by atomic mass is 79.9. The number of nitrogens with zero attached hydrogens (tertiary/aromatic N) is 1. The summed E-state index contributed by atoms with van der Waals surface area (Å²) >= 11 is 3.08. The first-order chi connectivity index (χ1) is 7.47. The Kier molecular flexibility index (Phi) is 4.39. The van der Waals surface area contributed by atoms with Crippen molar-refractivity contribution in [2.75, 3.05) is 11.9 Å². The Hall–Kier alpha value is -0.990. The van der Waals surface area contributed by atoms with Crippen molar-refractivity contribution in [3.05, 3.63) is 34.4 Å². The number of sulfonamides is 1. The molecule has 0 spiro atoms. The Bertz CT molecular complexity index is 489. The van der Waals surface area contributed by atoms with E-state index in [4.69, 9.17) is 0 Å². The molecule has 1 N–H and O–H groups in total. The minimum absolute atomic E-state index is 0.109. The van der Waals surface area contributed by atoms with Gasteiger partial charge in [0.1, 0.15) is 0 Å². The molecule has 1 aromatic rings. The normalized spacial score (nSPS) is 11.3. The Morgan fingerprint density at radius 1 is 1.44 bits per heavy atom. The van der Waals surface area contributed by atoms with Crippen molar-refractivity contribution in [2.24, 2.45) is 0 Å². The number of hydrogen-bond donors (Lipinski definition) is 1. The molecule has 0 saturated carbocycles. The minimum Gasteiger partial charge on any atom is -0.258 e. The molecule has 0 saturated heterocycles. The Morgan fingerprint density at radius 3 is 2.69 bits per heavy atom. The second-order valence-corrected chi connectivity index (χ2v) is 5.40. The summed E-state index contributed by atoms with van der Waals surface area (Å²) in [4.78, 5) is 9.73. The lowest BCUT2D eigenvalue weighted by Crippen LogP contribution is -2.25. The molecule has 0 atom stereocenters. The highest BCUT2D eigenvalue weighted by Gasteiger charge is 2.16. The van der Waals surface area contributed by atoms with Crippen molar-refractivity contribution < 1.29 is 13.3 Å². The number of hydrogen-bond acceptors (Lipinski definition) is 4. The number of halogens is 1. The van der Waals surface area contributed by atoms with Gasteiger partial charge in [0.15, 0.2) is 0 Å². The SMILES string of the molecule is O=[N+]([O-])c1cccc(S(=O)(=O)NCCBr)c1. The summed E-state index contributed by atoms with van der Waals surface area (Å²) in [5.41, 5.74) is -0.248. The maximum Gasteiger partial charge on any atom is 0.270 e. The summed E-state index contributed by atoms with van der Waals surface area (Å²) in [5, 5.41) is 11.0. The van der Waals surface area contributed by atoms with Crippen LogP contribution < -0.4 is 4.72 Å². The van der Waals surface area contributed by atoms with Gasteiger partial charge >= 0.3 is 0 Å². The summed E-state index contributed by atoms with van der Waals surface area (Å²) in [7, 11) is -3.66. The molecule has 0 aliphatic carbocycles. The fourth-order valence-electron chi connectivity index (χ4n) is 1.02. The van der Waals surface area contributed by atoms with Gasteiger partial charge in [-0.3, -0.25) is 10.1 Å². The molecule has 1 aromatic carbocycles. The van der Waals surface area contributed by atoms with E-state index in [1.54, 1.807) is 0 Å². The van der Waals surface area contributed by atoms with Crippen LogP contribution in [0.4, 0.5) is 5.69 Å². The third-order valence-corrected chi connectivity index (χ3v) is 3.58. The summed E-state index contributed by atoms with van der Waals surface area (Å²) in [5.74, 6) is 0. The average molecular weight is 309 g/mol. The predicted molar refractivity (Wildman–Crippen MR) is 62.1 cm³/mol. The second kappa shape index (κ2) is 5.37. The molecule has 0 aromatic heterocycles. The molecule has 6 nitrogen and oxygen atoms in total. The van der Waals surface area contributed by atoms with Crippen LogP contribution in [-0.4, -0.2) is 25.2 Å². The van der Waals surface area contributed by atoms with Crippen molar-refractivity contribution in [3.63, 3.8) is 0 Å². The molecular formula is C8H9BrN2O4S. The summed E-state index contributed by atoms with van der Waals surface area (Å²) < 4.78 is 25.5. The van der Waals surface area contributed by atoms with Gasteiger partial charge in [-0.15, -0.1) is 0 Å². The molecule has 0 fully saturated rings. The van der Waals surface area contributed by atoms with E-state index in [-0.39, 0.29) is 17.1 Å². The zero-order valence-corrected chi connectivity index (χ0v) is 10.5. The van der Waals surface area contributed by atoms with Gasteiger partial charge in [-0.1, -0.05) is 22.0 Å². The van der Waals surface area contributed by atoms with Crippen LogP contribution in [0.25, 0.3) is 0 Å². The first-order valence-corrected chi connectivity index (χ1v) is 6.88. The number of nitro benzene ring substituents is 1. The van der Waals surface area contributed by atoms with E-state index in [2.05, 4.69) is 20.7 Å². The third-order valence-electron chi connectivity index (χ3n) is 1.73. The van der Waals surface area contributed by atoms with Gasteiger partial charge in [0.2, 0.25) is 10.0 Å². The molecular weight excluding hydrogens is 300 g/mol. The van der Waals surface area contributed by atoms with Gasteiger partial charge in [-0.05, 0) is 6.07 Å². The highest BCUT2D eigenvalue weighted by molar-refractivity contribution is 9.09. The fourth-order valence-corrected chi connectivity index (χ4v) is 2.55. The molecule has 0 bridgehead atoms. The van der Waals surface area contributed by atoms with Gasteiger partial charge in [-0.25, -0.2) is 13.1 Å². The van der Waals surface area contributed by atoms with Crippen molar-refractivity contribution in [1.29, 1.82) is 0 Å². The van der Waals surface area contributed by atoms with Crippen molar-refractivity contribution in [1.82, 2.24) is 4.72 Å². The maximum atomic E-state index is 11.6. The Labute approximate surface area is 101 Å². The van der Waals surface area contributed by atoms with E-state index >= 15 is 0 Å². The molecule has 1 rings (SSSR count). The van der Waals surface area contributed by atoms with Crippen LogP contribution >= 0.6 is 15.9 Å². The van der Waals surface area contributed by atoms with E-state index in [9.17, 15) is 18.5 Å². The molecule has 16 heavy (non-hydrogen) atoms. The largest absolute Gasteiger partial charge is 0.270 e. The van der Waals surface area contributed by atoms with Crippen LogP contribution in [0, 0.1) is 10.1 Å². The minimum atomic E-state index is -3.66. The van der Waals surface area contributed by atoms with E-state index in [1.165, 1.54) is 18.2 Å². The van der Waals surface area contributed by atoms with Crippen LogP contribution in [0.2, 0.25) is 0 Å². The zero-order chi connectivity index (χ0) is 12.2. The number of non-ortho nitro benzene ring substituents is 1. The molecule has 0 amide bonds. The van der Waals surface area contributed by atoms with Gasteiger partial charge in [-0.2, -0.15) is 0 Å². The lowest BCUT2D eigenvalue weighted by Gasteiger charge is -2.04. The lowest BCUT2D eigenvalue weighted by molar-refractivity contribution is -0.385. The molecule has 0 heterocycles. The number of alkyl halides is 1. The molecule has 0 aliphatic rings. The van der Waals surface area contributed by atoms with E-state index in [0.717, 1.165) is 6.07 Å². The standard InChI is InChI=1S/C8H9BrN2O4S/c9-4-5-10-16(14,15)8-3-1-2-7(6-8)11(12)13/h1-3,6,10H,4-5H2. The summed E-state index contributed by atoms with van der Waals surface area (Å²) in [6, 6.07) is 4.91. The number of nitrogens with one attached hydrogen (secondary N) is 1. The summed E-state index contributed by atoms with van der Waals surface area (Å²) in [6.07, 6.45) is 0. The quantitative estimate of drug-likeness (QED) is 0.504. The fraction of sp³-hybridized carbons (Fsp3) is 0.250. The number of rotatable bonds is 5. The van der Waals surface area contributed by atoms with Gasteiger partial charge in [0, 0.05) is 24.0 Å². The third kappa shape index (κ3) is 3.26. The second-order valence-electron chi connectivity index (χ2n) is 2.84. The smallest absolute Gasteiger partial charge is 0.258 e. The van der Waals surface area contributed by atoms with Crippen LogP contribution in [0.1, 0.15) is 0 Å². The molecule has 8 heteroatoms. The van der Waals surface area contributed by atoms with Crippen LogP contribution in [-0.2, 0) is 10.0 Å². The van der Waals surface area contributed by atoms with Gasteiger partial charge < -0.3 is 0 Å². The lowest BCUT2D eigenvalue weighted by atomic mass is 10.3. The highest BCUT2D eigenvalue weighted by Crippen LogP contribution is 2.16. The maximum absolute atomic E-state index is 11.6. The van der Waals surface area contributed by atoms with E-state index in [0.29, 0.717) is 5.33 Å². The molecule has 88 valence electrons.